The van der Waals surface area contributed by atoms with Crippen molar-refractivity contribution < 1.29 is 4.39 Å². The first-order chi connectivity index (χ1) is 9.72. The van der Waals surface area contributed by atoms with Crippen LogP contribution in [-0.4, -0.2) is 23.1 Å². The lowest BCUT2D eigenvalue weighted by Crippen LogP contribution is -2.19. The Hall–Kier alpha value is -1.69. The Bertz CT molecular complexity index is 614. The second kappa shape index (κ2) is 5.75. The quantitative estimate of drug-likeness (QED) is 0.927. The molecule has 0 aliphatic carbocycles. The van der Waals surface area contributed by atoms with Crippen LogP contribution < -0.4 is 10.2 Å². The molecule has 1 fully saturated rings. The minimum absolute atomic E-state index is 0.319. The molecule has 0 spiro atoms. The molecule has 1 aromatic carbocycles. The predicted octanol–water partition coefficient (Wildman–Crippen LogP) is 3.72. The number of nitrogens with zero attached hydrogens (tertiary/aromatic N) is 3. The Labute approximate surface area is 125 Å². The van der Waals surface area contributed by atoms with Crippen molar-refractivity contribution in [3.8, 4) is 0 Å². The zero-order valence-electron chi connectivity index (χ0n) is 10.8. The third-order valence-electron chi connectivity index (χ3n) is 3.28. The lowest BCUT2D eigenvalue weighted by atomic mass is 10.3. The van der Waals surface area contributed by atoms with Crippen LogP contribution in [0.3, 0.4) is 0 Å². The van der Waals surface area contributed by atoms with Crippen molar-refractivity contribution in [1.82, 2.24) is 9.97 Å². The van der Waals surface area contributed by atoms with E-state index in [9.17, 15) is 4.39 Å². The summed E-state index contributed by atoms with van der Waals surface area (Å²) in [6.45, 7) is 2.03. The number of aromatic nitrogens is 2. The van der Waals surface area contributed by atoms with Gasteiger partial charge in [0.15, 0.2) is 0 Å². The third-order valence-corrected chi connectivity index (χ3v) is 3.77. The average Bonchev–Trinajstić information content (AvgIpc) is 2.96. The van der Waals surface area contributed by atoms with Crippen LogP contribution in [0.4, 0.5) is 21.7 Å². The summed E-state index contributed by atoms with van der Waals surface area (Å²) in [5.41, 5.74) is 0.402. The zero-order valence-corrected chi connectivity index (χ0v) is 12.4. The van der Waals surface area contributed by atoms with Crippen LogP contribution in [0.5, 0.6) is 0 Å². The molecule has 0 saturated carbocycles. The molecule has 1 N–H and O–H groups in total. The van der Waals surface area contributed by atoms with Crippen molar-refractivity contribution in [2.45, 2.75) is 12.8 Å². The van der Waals surface area contributed by atoms with Crippen LogP contribution in [0.15, 0.2) is 35.1 Å². The summed E-state index contributed by atoms with van der Waals surface area (Å²) in [4.78, 5) is 10.6. The molecule has 1 aromatic heterocycles. The molecule has 0 amide bonds. The van der Waals surface area contributed by atoms with E-state index in [-0.39, 0.29) is 5.82 Å². The fourth-order valence-corrected chi connectivity index (χ4v) is 2.60. The van der Waals surface area contributed by atoms with Gasteiger partial charge in [-0.1, -0.05) is 15.9 Å². The van der Waals surface area contributed by atoms with Crippen molar-refractivity contribution in [2.24, 2.45) is 0 Å². The van der Waals surface area contributed by atoms with Crippen LogP contribution in [0.2, 0.25) is 0 Å². The minimum atomic E-state index is -0.319. The lowest BCUT2D eigenvalue weighted by molar-refractivity contribution is 0.631. The summed E-state index contributed by atoms with van der Waals surface area (Å²) in [6, 6.07) is 6.74. The Morgan fingerprint density at radius 3 is 2.70 bits per heavy atom. The molecule has 0 bridgehead atoms. The van der Waals surface area contributed by atoms with Gasteiger partial charge in [-0.05, 0) is 31.0 Å². The van der Waals surface area contributed by atoms with Crippen LogP contribution >= 0.6 is 15.9 Å². The van der Waals surface area contributed by atoms with Gasteiger partial charge in [-0.25, -0.2) is 14.4 Å². The molecule has 104 valence electrons. The van der Waals surface area contributed by atoms with Gasteiger partial charge in [0.1, 0.15) is 23.8 Å². The highest BCUT2D eigenvalue weighted by molar-refractivity contribution is 9.10. The largest absolute Gasteiger partial charge is 0.356 e. The molecular formula is C14H14BrFN4. The van der Waals surface area contributed by atoms with Crippen molar-refractivity contribution in [2.75, 3.05) is 23.3 Å². The summed E-state index contributed by atoms with van der Waals surface area (Å²) in [5.74, 6) is 1.17. The maximum atomic E-state index is 13.8. The van der Waals surface area contributed by atoms with Gasteiger partial charge in [0.25, 0.3) is 0 Å². The smallest absolute Gasteiger partial charge is 0.147 e. The summed E-state index contributed by atoms with van der Waals surface area (Å²) in [6.07, 6.45) is 3.88. The molecule has 20 heavy (non-hydrogen) atoms. The first-order valence-electron chi connectivity index (χ1n) is 6.51. The molecule has 6 heteroatoms. The Balaban J connectivity index is 1.81. The van der Waals surface area contributed by atoms with Gasteiger partial charge in [-0.2, -0.15) is 0 Å². The predicted molar refractivity (Wildman–Crippen MR) is 80.9 cm³/mol. The fourth-order valence-electron chi connectivity index (χ4n) is 2.26. The lowest BCUT2D eigenvalue weighted by Gasteiger charge is -2.16. The van der Waals surface area contributed by atoms with Crippen LogP contribution in [-0.2, 0) is 0 Å². The Morgan fingerprint density at radius 1 is 1.15 bits per heavy atom. The number of halogens is 2. The third kappa shape index (κ3) is 2.90. The van der Waals surface area contributed by atoms with Gasteiger partial charge in [0.2, 0.25) is 0 Å². The molecule has 2 heterocycles. The molecule has 4 nitrogen and oxygen atoms in total. The number of benzene rings is 1. The maximum Gasteiger partial charge on any atom is 0.147 e. The highest BCUT2D eigenvalue weighted by Gasteiger charge is 2.14. The van der Waals surface area contributed by atoms with Crippen molar-refractivity contribution >= 4 is 33.3 Å². The summed E-state index contributed by atoms with van der Waals surface area (Å²) in [5, 5.41) is 2.99. The van der Waals surface area contributed by atoms with Crippen LogP contribution in [0.1, 0.15) is 12.8 Å². The Kier molecular flexibility index (Phi) is 3.82. The summed E-state index contributed by atoms with van der Waals surface area (Å²) < 4.78 is 14.5. The standard InChI is InChI=1S/C14H14BrFN4/c15-10-3-4-12(11(16)7-10)19-13-8-14(18-9-17-13)20-5-1-2-6-20/h3-4,7-9H,1-2,5-6H2,(H,17,18,19). The van der Waals surface area contributed by atoms with Gasteiger partial charge < -0.3 is 10.2 Å². The van der Waals surface area contributed by atoms with Gasteiger partial charge in [-0.15, -0.1) is 0 Å². The average molecular weight is 337 g/mol. The van der Waals surface area contributed by atoms with Gasteiger partial charge >= 0.3 is 0 Å². The maximum absolute atomic E-state index is 13.8. The first-order valence-corrected chi connectivity index (χ1v) is 7.31. The summed E-state index contributed by atoms with van der Waals surface area (Å²) in [7, 11) is 0. The molecule has 1 aliphatic heterocycles. The number of hydrogen-bond donors (Lipinski definition) is 1. The second-order valence-electron chi connectivity index (χ2n) is 4.70. The van der Waals surface area contributed by atoms with E-state index in [0.717, 1.165) is 18.9 Å². The number of anilines is 3. The van der Waals surface area contributed by atoms with Crippen molar-refractivity contribution in [3.63, 3.8) is 0 Å². The molecule has 1 saturated heterocycles. The first kappa shape index (κ1) is 13.3. The molecule has 0 atom stereocenters. The molecule has 2 aromatic rings. The van der Waals surface area contributed by atoms with E-state index in [4.69, 9.17) is 0 Å². The highest BCUT2D eigenvalue weighted by Crippen LogP contribution is 2.24. The van der Waals surface area contributed by atoms with Gasteiger partial charge in [0, 0.05) is 23.6 Å². The van der Waals surface area contributed by atoms with E-state index in [1.165, 1.54) is 25.2 Å². The number of hydrogen-bond acceptors (Lipinski definition) is 4. The second-order valence-corrected chi connectivity index (χ2v) is 5.62. The van der Waals surface area contributed by atoms with Crippen LogP contribution in [0.25, 0.3) is 0 Å². The highest BCUT2D eigenvalue weighted by atomic mass is 79.9. The van der Waals surface area contributed by atoms with E-state index in [1.54, 1.807) is 12.1 Å². The number of nitrogens with one attached hydrogen (secondary N) is 1. The van der Waals surface area contributed by atoms with Gasteiger partial charge in [0.05, 0.1) is 5.69 Å². The van der Waals surface area contributed by atoms with E-state index >= 15 is 0 Å². The van der Waals surface area contributed by atoms with E-state index in [1.807, 2.05) is 6.07 Å². The zero-order chi connectivity index (χ0) is 13.9. The SMILES string of the molecule is Fc1cc(Br)ccc1Nc1cc(N2CCCC2)ncn1. The van der Waals surface area contributed by atoms with E-state index < -0.39 is 0 Å². The number of rotatable bonds is 3. The van der Waals surface area contributed by atoms with E-state index in [0.29, 0.717) is 16.0 Å². The topological polar surface area (TPSA) is 41.0 Å². The minimum Gasteiger partial charge on any atom is -0.356 e. The molecule has 3 rings (SSSR count). The van der Waals surface area contributed by atoms with Crippen molar-refractivity contribution in [1.29, 1.82) is 0 Å². The Morgan fingerprint density at radius 2 is 1.95 bits per heavy atom. The van der Waals surface area contributed by atoms with Crippen LogP contribution in [0, 0.1) is 5.82 Å². The molecule has 0 radical (unpaired) electrons. The monoisotopic (exact) mass is 336 g/mol. The normalized spacial score (nSPS) is 14.6. The molecule has 1 aliphatic rings. The fraction of sp³-hybridized carbons (Fsp3) is 0.286. The van der Waals surface area contributed by atoms with E-state index in [2.05, 4.69) is 36.1 Å². The van der Waals surface area contributed by atoms with Gasteiger partial charge in [-0.3, -0.25) is 0 Å². The van der Waals surface area contributed by atoms with Crippen molar-refractivity contribution in [3.05, 3.63) is 40.9 Å². The molecule has 0 unspecified atom stereocenters. The summed E-state index contributed by atoms with van der Waals surface area (Å²) >= 11 is 3.24. The molecular weight excluding hydrogens is 323 g/mol.